The van der Waals surface area contributed by atoms with Gasteiger partial charge in [0, 0.05) is 4.90 Å². The predicted molar refractivity (Wildman–Crippen MR) is 59.2 cm³/mol. The van der Waals surface area contributed by atoms with Gasteiger partial charge in [0.05, 0.1) is 17.7 Å². The molecule has 0 aliphatic rings. The highest BCUT2D eigenvalue weighted by atomic mass is 35.5. The Balaban J connectivity index is 3.15. The molecule has 76 valence electrons. The zero-order valence-electron chi connectivity index (χ0n) is 8.04. The normalized spacial score (nSPS) is 9.93. The van der Waals surface area contributed by atoms with Crippen molar-refractivity contribution >= 4 is 29.3 Å². The number of carbonyl (C=O) groups is 1. The summed E-state index contributed by atoms with van der Waals surface area (Å²) in [5.74, 6) is 0.510. The van der Waals surface area contributed by atoms with Crippen LogP contribution in [0, 0.1) is 0 Å². The third kappa shape index (κ3) is 2.42. The molecule has 0 aromatic heterocycles. The first kappa shape index (κ1) is 11.4. The molecule has 0 aliphatic heterocycles. The van der Waals surface area contributed by atoms with E-state index in [0.29, 0.717) is 10.6 Å². The zero-order chi connectivity index (χ0) is 10.6. The van der Waals surface area contributed by atoms with Gasteiger partial charge in [0.2, 0.25) is 0 Å². The fourth-order valence-corrected chi connectivity index (χ4v) is 2.21. The lowest BCUT2D eigenvalue weighted by Gasteiger charge is -2.07. The van der Waals surface area contributed by atoms with Crippen LogP contribution in [0.5, 0.6) is 0 Å². The topological polar surface area (TPSA) is 26.3 Å². The zero-order valence-corrected chi connectivity index (χ0v) is 9.61. The highest BCUT2D eigenvalue weighted by molar-refractivity contribution is 7.99. The first-order chi connectivity index (χ1) is 6.70. The number of esters is 1. The van der Waals surface area contributed by atoms with Crippen LogP contribution < -0.4 is 0 Å². The van der Waals surface area contributed by atoms with E-state index in [1.165, 1.54) is 7.11 Å². The van der Waals surface area contributed by atoms with E-state index < -0.39 is 0 Å². The summed E-state index contributed by atoms with van der Waals surface area (Å²) in [7, 11) is 1.35. The molecule has 0 spiro atoms. The number of ether oxygens (including phenoxy) is 1. The molecule has 14 heavy (non-hydrogen) atoms. The summed E-state index contributed by atoms with van der Waals surface area (Å²) in [4.78, 5) is 12.3. The van der Waals surface area contributed by atoms with Crippen molar-refractivity contribution in [3.63, 3.8) is 0 Å². The number of hydrogen-bond donors (Lipinski definition) is 0. The average molecular weight is 231 g/mol. The number of thioether (sulfide) groups is 1. The van der Waals surface area contributed by atoms with Gasteiger partial charge in [-0.05, 0) is 17.9 Å². The second-order valence-electron chi connectivity index (χ2n) is 2.54. The Morgan fingerprint density at radius 1 is 1.57 bits per heavy atom. The van der Waals surface area contributed by atoms with Crippen molar-refractivity contribution in [2.45, 2.75) is 11.8 Å². The van der Waals surface area contributed by atoms with Crippen LogP contribution in [-0.4, -0.2) is 18.8 Å². The van der Waals surface area contributed by atoms with Crippen LogP contribution in [0.4, 0.5) is 0 Å². The van der Waals surface area contributed by atoms with Crippen LogP contribution in [0.3, 0.4) is 0 Å². The summed E-state index contributed by atoms with van der Waals surface area (Å²) < 4.78 is 4.67. The average Bonchev–Trinajstić information content (AvgIpc) is 2.18. The van der Waals surface area contributed by atoms with Crippen LogP contribution in [0.1, 0.15) is 17.3 Å². The molecule has 0 N–H and O–H groups in total. The molecule has 2 nitrogen and oxygen atoms in total. The maximum absolute atomic E-state index is 11.4. The highest BCUT2D eigenvalue weighted by Crippen LogP contribution is 2.28. The molecule has 0 bridgehead atoms. The summed E-state index contributed by atoms with van der Waals surface area (Å²) >= 11 is 7.50. The van der Waals surface area contributed by atoms with Crippen molar-refractivity contribution in [1.82, 2.24) is 0 Å². The Hall–Kier alpha value is -0.670. The molecule has 0 radical (unpaired) electrons. The van der Waals surface area contributed by atoms with Gasteiger partial charge in [-0.25, -0.2) is 4.79 Å². The molecule has 0 saturated carbocycles. The summed E-state index contributed by atoms with van der Waals surface area (Å²) in [6.07, 6.45) is 0. The quantitative estimate of drug-likeness (QED) is 0.589. The molecule has 0 saturated heterocycles. The molecule has 0 unspecified atom stereocenters. The van der Waals surface area contributed by atoms with E-state index in [4.69, 9.17) is 11.6 Å². The van der Waals surface area contributed by atoms with E-state index in [-0.39, 0.29) is 5.97 Å². The molecule has 0 heterocycles. The fraction of sp³-hybridized carbons (Fsp3) is 0.300. The lowest BCUT2D eigenvalue weighted by atomic mass is 10.2. The summed E-state index contributed by atoms with van der Waals surface area (Å²) in [6, 6.07) is 5.38. The first-order valence-electron chi connectivity index (χ1n) is 4.20. The lowest BCUT2D eigenvalue weighted by molar-refractivity contribution is 0.0597. The maximum Gasteiger partial charge on any atom is 0.340 e. The minimum Gasteiger partial charge on any atom is -0.465 e. The Bertz CT molecular complexity index is 339. The van der Waals surface area contributed by atoms with E-state index in [2.05, 4.69) is 4.74 Å². The van der Waals surface area contributed by atoms with Gasteiger partial charge in [-0.2, -0.15) is 0 Å². The molecule has 1 rings (SSSR count). The van der Waals surface area contributed by atoms with Gasteiger partial charge in [-0.3, -0.25) is 0 Å². The first-order valence-corrected chi connectivity index (χ1v) is 5.56. The maximum atomic E-state index is 11.4. The SMILES string of the molecule is CCSc1cccc(Cl)c1C(=O)OC. The molecule has 0 amide bonds. The van der Waals surface area contributed by atoms with E-state index in [0.717, 1.165) is 10.6 Å². The van der Waals surface area contributed by atoms with Crippen LogP contribution in [0.2, 0.25) is 5.02 Å². The summed E-state index contributed by atoms with van der Waals surface area (Å²) in [5, 5.41) is 0.440. The van der Waals surface area contributed by atoms with E-state index in [9.17, 15) is 4.79 Å². The van der Waals surface area contributed by atoms with E-state index >= 15 is 0 Å². The Labute approximate surface area is 92.6 Å². The van der Waals surface area contributed by atoms with Gasteiger partial charge in [0.1, 0.15) is 0 Å². The molecule has 0 fully saturated rings. The van der Waals surface area contributed by atoms with Gasteiger partial charge in [-0.15, -0.1) is 11.8 Å². The van der Waals surface area contributed by atoms with Crippen LogP contribution in [0.15, 0.2) is 23.1 Å². The standard InChI is InChI=1S/C10H11ClO2S/c1-3-14-8-6-4-5-7(11)9(8)10(12)13-2/h4-6H,3H2,1-2H3. The van der Waals surface area contributed by atoms with Crippen molar-refractivity contribution in [3.05, 3.63) is 28.8 Å². The summed E-state index contributed by atoms with van der Waals surface area (Å²) in [5.41, 5.74) is 0.462. The summed E-state index contributed by atoms with van der Waals surface area (Å²) in [6.45, 7) is 2.02. The van der Waals surface area contributed by atoms with Crippen LogP contribution in [-0.2, 0) is 4.74 Å². The second-order valence-corrected chi connectivity index (χ2v) is 4.25. The minimum absolute atomic E-state index is 0.383. The molecule has 4 heteroatoms. The van der Waals surface area contributed by atoms with Gasteiger partial charge in [0.25, 0.3) is 0 Å². The second kappa shape index (κ2) is 5.27. The molecule has 0 aliphatic carbocycles. The molecule has 1 aromatic rings. The van der Waals surface area contributed by atoms with E-state index in [1.807, 2.05) is 19.1 Å². The molecular weight excluding hydrogens is 220 g/mol. The number of hydrogen-bond acceptors (Lipinski definition) is 3. The Morgan fingerprint density at radius 2 is 2.29 bits per heavy atom. The van der Waals surface area contributed by atoms with Crippen molar-refractivity contribution < 1.29 is 9.53 Å². The minimum atomic E-state index is -0.383. The molecule has 0 atom stereocenters. The van der Waals surface area contributed by atoms with Gasteiger partial charge in [-0.1, -0.05) is 24.6 Å². The van der Waals surface area contributed by atoms with Gasteiger partial charge >= 0.3 is 5.97 Å². The number of methoxy groups -OCH3 is 1. The molecule has 1 aromatic carbocycles. The number of rotatable bonds is 3. The van der Waals surface area contributed by atoms with Gasteiger partial charge in [0.15, 0.2) is 0 Å². The van der Waals surface area contributed by atoms with Crippen molar-refractivity contribution in [2.75, 3.05) is 12.9 Å². The van der Waals surface area contributed by atoms with Crippen molar-refractivity contribution in [3.8, 4) is 0 Å². The van der Waals surface area contributed by atoms with Crippen LogP contribution in [0.25, 0.3) is 0 Å². The smallest absolute Gasteiger partial charge is 0.340 e. The number of benzene rings is 1. The Kier molecular flexibility index (Phi) is 4.29. The fourth-order valence-electron chi connectivity index (χ4n) is 1.08. The largest absolute Gasteiger partial charge is 0.465 e. The predicted octanol–water partition coefficient (Wildman–Crippen LogP) is 3.24. The monoisotopic (exact) mass is 230 g/mol. The van der Waals surface area contributed by atoms with Crippen LogP contribution >= 0.6 is 23.4 Å². The number of halogens is 1. The number of carbonyl (C=O) groups excluding carboxylic acids is 1. The third-order valence-corrected chi connectivity index (χ3v) is 2.92. The highest BCUT2D eigenvalue weighted by Gasteiger charge is 2.15. The van der Waals surface area contributed by atoms with Crippen molar-refractivity contribution in [2.24, 2.45) is 0 Å². The van der Waals surface area contributed by atoms with E-state index in [1.54, 1.807) is 17.8 Å². The third-order valence-electron chi connectivity index (χ3n) is 1.66. The van der Waals surface area contributed by atoms with Gasteiger partial charge < -0.3 is 4.74 Å². The lowest BCUT2D eigenvalue weighted by Crippen LogP contribution is -2.04. The van der Waals surface area contributed by atoms with Crippen molar-refractivity contribution in [1.29, 1.82) is 0 Å². The Morgan fingerprint density at radius 3 is 2.86 bits per heavy atom. The molecular formula is C10H11ClO2S.